The zero-order chi connectivity index (χ0) is 15.5. The van der Waals surface area contributed by atoms with Crippen molar-refractivity contribution in [3.63, 3.8) is 0 Å². The Bertz CT molecular complexity index is 607. The number of pyridine rings is 1. The molecule has 21 heavy (non-hydrogen) atoms. The van der Waals surface area contributed by atoms with E-state index in [1.54, 1.807) is 25.4 Å². The quantitative estimate of drug-likeness (QED) is 0.874. The number of amides is 1. The van der Waals surface area contributed by atoms with Crippen LogP contribution < -0.4 is 5.32 Å². The summed E-state index contributed by atoms with van der Waals surface area (Å²) >= 11 is 1.24. The number of nitrogens with one attached hydrogen (secondary N) is 1. The Labute approximate surface area is 127 Å². The molecule has 1 amide bonds. The summed E-state index contributed by atoms with van der Waals surface area (Å²) in [5, 5.41) is 10.9. The van der Waals surface area contributed by atoms with Crippen molar-refractivity contribution in [3.05, 3.63) is 24.5 Å². The molecule has 0 bridgehead atoms. The maximum absolute atomic E-state index is 12.0. The third-order valence-corrected chi connectivity index (χ3v) is 3.39. The molecule has 1 N–H and O–H groups in total. The fourth-order valence-corrected chi connectivity index (χ4v) is 2.22. The number of hydrogen-bond donors (Lipinski definition) is 1. The van der Waals surface area contributed by atoms with Crippen LogP contribution in [0, 0.1) is 0 Å². The molecular formula is C14H18N4O2S. The predicted molar refractivity (Wildman–Crippen MR) is 80.7 cm³/mol. The molecule has 6 nitrogen and oxygen atoms in total. The molecule has 0 aliphatic carbocycles. The van der Waals surface area contributed by atoms with E-state index in [-0.39, 0.29) is 16.7 Å². The summed E-state index contributed by atoms with van der Waals surface area (Å²) in [6.45, 7) is 7.63. The van der Waals surface area contributed by atoms with Crippen LogP contribution in [0.4, 0.5) is 0 Å². The Balaban J connectivity index is 2.01. The molecule has 1 atom stereocenters. The largest absolute Gasteiger partial charge is 0.411 e. The number of carbonyl (C=O) groups is 1. The van der Waals surface area contributed by atoms with Crippen LogP contribution in [0.5, 0.6) is 0 Å². The lowest BCUT2D eigenvalue weighted by molar-refractivity contribution is -0.121. The summed E-state index contributed by atoms with van der Waals surface area (Å²) in [6.07, 6.45) is 3.33. The van der Waals surface area contributed by atoms with Crippen molar-refractivity contribution in [2.75, 3.05) is 0 Å². The summed E-state index contributed by atoms with van der Waals surface area (Å²) in [7, 11) is 0. The maximum Gasteiger partial charge on any atom is 0.277 e. The molecule has 2 aromatic heterocycles. The van der Waals surface area contributed by atoms with E-state index in [4.69, 9.17) is 4.42 Å². The highest BCUT2D eigenvalue weighted by molar-refractivity contribution is 8.00. The minimum atomic E-state index is -0.313. The minimum Gasteiger partial charge on any atom is -0.411 e. The molecule has 0 aliphatic heterocycles. The normalized spacial score (nSPS) is 13.0. The van der Waals surface area contributed by atoms with Gasteiger partial charge >= 0.3 is 0 Å². The van der Waals surface area contributed by atoms with Gasteiger partial charge in [0.15, 0.2) is 0 Å². The van der Waals surface area contributed by atoms with Gasteiger partial charge in [-0.1, -0.05) is 11.8 Å². The molecule has 7 heteroatoms. The van der Waals surface area contributed by atoms with E-state index in [1.807, 2.05) is 26.8 Å². The average molecular weight is 306 g/mol. The van der Waals surface area contributed by atoms with Gasteiger partial charge < -0.3 is 9.73 Å². The lowest BCUT2D eigenvalue weighted by Gasteiger charge is -2.22. The van der Waals surface area contributed by atoms with Crippen LogP contribution in [0.2, 0.25) is 0 Å². The number of aromatic nitrogens is 3. The van der Waals surface area contributed by atoms with Crippen LogP contribution in [0.25, 0.3) is 11.5 Å². The van der Waals surface area contributed by atoms with Gasteiger partial charge in [0.25, 0.3) is 5.22 Å². The summed E-state index contributed by atoms with van der Waals surface area (Å²) in [5.41, 5.74) is 0.491. The highest BCUT2D eigenvalue weighted by Crippen LogP contribution is 2.25. The Morgan fingerprint density at radius 3 is 2.76 bits per heavy atom. The highest BCUT2D eigenvalue weighted by Gasteiger charge is 2.22. The Kier molecular flexibility index (Phi) is 4.62. The van der Waals surface area contributed by atoms with E-state index in [9.17, 15) is 4.79 Å². The van der Waals surface area contributed by atoms with Gasteiger partial charge in [0.1, 0.15) is 0 Å². The predicted octanol–water partition coefficient (Wildman–Crippen LogP) is 2.53. The first kappa shape index (κ1) is 15.5. The van der Waals surface area contributed by atoms with Crippen LogP contribution in [-0.2, 0) is 4.79 Å². The smallest absolute Gasteiger partial charge is 0.277 e. The molecule has 0 saturated carbocycles. The number of carbonyl (C=O) groups excluding carboxylic acids is 1. The Morgan fingerprint density at radius 1 is 1.38 bits per heavy atom. The highest BCUT2D eigenvalue weighted by atomic mass is 32.2. The summed E-state index contributed by atoms with van der Waals surface area (Å²) in [5.74, 6) is 0.336. The second-order valence-corrected chi connectivity index (χ2v) is 6.91. The number of nitrogens with zero attached hydrogens (tertiary/aromatic N) is 3. The topological polar surface area (TPSA) is 80.9 Å². The van der Waals surface area contributed by atoms with Crippen LogP contribution in [-0.4, -0.2) is 31.9 Å². The van der Waals surface area contributed by atoms with Crippen LogP contribution >= 0.6 is 11.8 Å². The monoisotopic (exact) mass is 306 g/mol. The van der Waals surface area contributed by atoms with Gasteiger partial charge in [-0.25, -0.2) is 0 Å². The summed E-state index contributed by atoms with van der Waals surface area (Å²) < 4.78 is 5.54. The molecule has 0 aromatic carbocycles. The second kappa shape index (κ2) is 6.26. The first-order valence-corrected chi connectivity index (χ1v) is 7.46. The van der Waals surface area contributed by atoms with Gasteiger partial charge in [-0.3, -0.25) is 9.78 Å². The number of thioether (sulfide) groups is 1. The fraction of sp³-hybridized carbons (Fsp3) is 0.429. The molecule has 2 aromatic rings. The lowest BCUT2D eigenvalue weighted by atomic mass is 10.1. The molecule has 2 rings (SSSR count). The molecule has 0 unspecified atom stereocenters. The summed E-state index contributed by atoms with van der Waals surface area (Å²) in [4.78, 5) is 16.0. The van der Waals surface area contributed by atoms with E-state index in [0.717, 1.165) is 5.56 Å². The van der Waals surface area contributed by atoms with Crippen molar-refractivity contribution in [2.24, 2.45) is 0 Å². The molecular weight excluding hydrogens is 288 g/mol. The number of hydrogen-bond acceptors (Lipinski definition) is 6. The molecule has 0 fully saturated rings. The second-order valence-electron chi connectivity index (χ2n) is 5.61. The standard InChI is InChI=1S/C14H18N4O2S/c1-9(11(19)16-14(2,3)4)21-13-18-17-12(20-13)10-6-5-7-15-8-10/h5-9H,1-4H3,(H,16,19)/t9-/m1/s1. The van der Waals surface area contributed by atoms with Crippen molar-refractivity contribution in [2.45, 2.75) is 43.7 Å². The molecule has 0 saturated heterocycles. The third-order valence-electron chi connectivity index (χ3n) is 2.46. The fourth-order valence-electron chi connectivity index (χ4n) is 1.54. The van der Waals surface area contributed by atoms with E-state index in [1.165, 1.54) is 11.8 Å². The van der Waals surface area contributed by atoms with Crippen molar-refractivity contribution in [1.82, 2.24) is 20.5 Å². The van der Waals surface area contributed by atoms with Crippen molar-refractivity contribution in [1.29, 1.82) is 0 Å². The van der Waals surface area contributed by atoms with E-state index >= 15 is 0 Å². The van der Waals surface area contributed by atoms with Crippen LogP contribution in [0.1, 0.15) is 27.7 Å². The molecule has 0 radical (unpaired) electrons. The van der Waals surface area contributed by atoms with Crippen molar-refractivity contribution in [3.8, 4) is 11.5 Å². The minimum absolute atomic E-state index is 0.0615. The Hall–Kier alpha value is -1.89. The first-order valence-electron chi connectivity index (χ1n) is 6.58. The summed E-state index contributed by atoms with van der Waals surface area (Å²) in [6, 6.07) is 3.64. The maximum atomic E-state index is 12.0. The average Bonchev–Trinajstić information content (AvgIpc) is 2.86. The first-order chi connectivity index (χ1) is 9.85. The van der Waals surface area contributed by atoms with Gasteiger partial charge in [0, 0.05) is 17.9 Å². The molecule has 112 valence electrons. The number of rotatable bonds is 4. The molecule has 0 aliphatic rings. The zero-order valence-corrected chi connectivity index (χ0v) is 13.3. The van der Waals surface area contributed by atoms with Gasteiger partial charge in [-0.2, -0.15) is 0 Å². The Morgan fingerprint density at radius 2 is 2.14 bits per heavy atom. The lowest BCUT2D eigenvalue weighted by Crippen LogP contribution is -2.44. The van der Waals surface area contributed by atoms with Crippen LogP contribution in [0.3, 0.4) is 0 Å². The third kappa shape index (κ3) is 4.56. The van der Waals surface area contributed by atoms with Gasteiger partial charge in [-0.05, 0) is 39.8 Å². The van der Waals surface area contributed by atoms with Crippen LogP contribution in [0.15, 0.2) is 34.2 Å². The van der Waals surface area contributed by atoms with Crippen molar-refractivity contribution >= 4 is 17.7 Å². The van der Waals surface area contributed by atoms with E-state index in [2.05, 4.69) is 20.5 Å². The zero-order valence-electron chi connectivity index (χ0n) is 12.5. The van der Waals surface area contributed by atoms with E-state index in [0.29, 0.717) is 11.1 Å². The SMILES string of the molecule is C[C@@H](Sc1nnc(-c2cccnc2)o1)C(=O)NC(C)(C)C. The van der Waals surface area contributed by atoms with Gasteiger partial charge in [0.05, 0.1) is 10.8 Å². The van der Waals surface area contributed by atoms with Gasteiger partial charge in [0.2, 0.25) is 11.8 Å². The van der Waals surface area contributed by atoms with Crippen molar-refractivity contribution < 1.29 is 9.21 Å². The van der Waals surface area contributed by atoms with E-state index < -0.39 is 0 Å². The molecule has 2 heterocycles. The molecule has 0 spiro atoms. The van der Waals surface area contributed by atoms with Gasteiger partial charge in [-0.15, -0.1) is 10.2 Å².